The SMILES string of the molecule is Cc1cc(NCC(=O)N2c3ccccc3CCC2C)ccc1N1CCCC1=O. The van der Waals surface area contributed by atoms with Gasteiger partial charge in [-0.2, -0.15) is 0 Å². The number of rotatable bonds is 4. The average Bonchev–Trinajstić information content (AvgIpc) is 3.11. The molecule has 146 valence electrons. The molecular formula is C23H27N3O2. The van der Waals surface area contributed by atoms with Crippen LogP contribution in [0.2, 0.25) is 0 Å². The lowest BCUT2D eigenvalue weighted by Crippen LogP contribution is -2.44. The Labute approximate surface area is 166 Å². The molecule has 4 rings (SSSR count). The number of para-hydroxylation sites is 1. The van der Waals surface area contributed by atoms with Crippen molar-refractivity contribution in [2.75, 3.05) is 28.2 Å². The lowest BCUT2D eigenvalue weighted by atomic mass is 9.96. The topological polar surface area (TPSA) is 52.7 Å². The fourth-order valence-corrected chi connectivity index (χ4v) is 4.30. The van der Waals surface area contributed by atoms with Crippen LogP contribution in [0.25, 0.3) is 0 Å². The van der Waals surface area contributed by atoms with Crippen molar-refractivity contribution in [2.45, 2.75) is 45.6 Å². The maximum absolute atomic E-state index is 13.0. The molecule has 1 N–H and O–H groups in total. The first-order chi connectivity index (χ1) is 13.5. The second-order valence-corrected chi connectivity index (χ2v) is 7.78. The summed E-state index contributed by atoms with van der Waals surface area (Å²) in [6.45, 7) is 5.16. The van der Waals surface area contributed by atoms with Gasteiger partial charge >= 0.3 is 0 Å². The molecule has 28 heavy (non-hydrogen) atoms. The quantitative estimate of drug-likeness (QED) is 0.879. The smallest absolute Gasteiger partial charge is 0.246 e. The Morgan fingerprint density at radius 1 is 1.14 bits per heavy atom. The van der Waals surface area contributed by atoms with Gasteiger partial charge in [-0.25, -0.2) is 0 Å². The van der Waals surface area contributed by atoms with E-state index in [9.17, 15) is 9.59 Å². The van der Waals surface area contributed by atoms with Gasteiger partial charge < -0.3 is 15.1 Å². The standard InChI is InChI=1S/C23H27N3O2/c1-16-14-19(11-12-20(16)25-13-5-8-22(25)27)24-15-23(28)26-17(2)9-10-18-6-3-4-7-21(18)26/h3-4,6-7,11-12,14,17,24H,5,8-10,13,15H2,1-2H3. The molecular weight excluding hydrogens is 350 g/mol. The van der Waals surface area contributed by atoms with E-state index in [2.05, 4.69) is 18.3 Å². The lowest BCUT2D eigenvalue weighted by Gasteiger charge is -2.35. The van der Waals surface area contributed by atoms with Crippen LogP contribution in [0.1, 0.15) is 37.3 Å². The van der Waals surface area contributed by atoms with Crippen LogP contribution in [0.3, 0.4) is 0 Å². The molecule has 0 radical (unpaired) electrons. The maximum Gasteiger partial charge on any atom is 0.246 e. The van der Waals surface area contributed by atoms with Crippen LogP contribution in [-0.2, 0) is 16.0 Å². The highest BCUT2D eigenvalue weighted by molar-refractivity contribution is 5.98. The molecule has 0 spiro atoms. The van der Waals surface area contributed by atoms with E-state index >= 15 is 0 Å². The highest BCUT2D eigenvalue weighted by atomic mass is 16.2. The number of fused-ring (bicyclic) bond motifs is 1. The molecule has 0 bridgehead atoms. The van der Waals surface area contributed by atoms with E-state index in [1.807, 2.05) is 53.1 Å². The molecule has 1 unspecified atom stereocenters. The molecule has 1 fully saturated rings. The van der Waals surface area contributed by atoms with Crippen molar-refractivity contribution < 1.29 is 9.59 Å². The first-order valence-corrected chi connectivity index (χ1v) is 10.1. The second-order valence-electron chi connectivity index (χ2n) is 7.78. The van der Waals surface area contributed by atoms with E-state index in [4.69, 9.17) is 0 Å². The molecule has 1 atom stereocenters. The molecule has 2 aromatic carbocycles. The van der Waals surface area contributed by atoms with Crippen LogP contribution >= 0.6 is 0 Å². The van der Waals surface area contributed by atoms with E-state index in [1.54, 1.807) is 0 Å². The number of benzene rings is 2. The van der Waals surface area contributed by atoms with E-state index in [1.165, 1.54) is 5.56 Å². The zero-order valence-electron chi connectivity index (χ0n) is 16.6. The van der Waals surface area contributed by atoms with Crippen LogP contribution in [-0.4, -0.2) is 30.9 Å². The van der Waals surface area contributed by atoms with Crippen LogP contribution < -0.4 is 15.1 Å². The van der Waals surface area contributed by atoms with Gasteiger partial charge in [-0.15, -0.1) is 0 Å². The van der Waals surface area contributed by atoms with Crippen molar-refractivity contribution >= 4 is 28.9 Å². The Kier molecular flexibility index (Phi) is 5.07. The van der Waals surface area contributed by atoms with E-state index in [-0.39, 0.29) is 24.4 Å². The zero-order valence-corrected chi connectivity index (χ0v) is 16.6. The number of hydrogen-bond acceptors (Lipinski definition) is 3. The summed E-state index contributed by atoms with van der Waals surface area (Å²) in [4.78, 5) is 28.7. The number of amides is 2. The maximum atomic E-state index is 13.0. The Morgan fingerprint density at radius 2 is 1.96 bits per heavy atom. The predicted octanol–water partition coefficient (Wildman–Crippen LogP) is 3.90. The average molecular weight is 377 g/mol. The Hall–Kier alpha value is -2.82. The second kappa shape index (κ2) is 7.66. The van der Waals surface area contributed by atoms with Crippen LogP contribution in [0.4, 0.5) is 17.1 Å². The number of carbonyl (C=O) groups excluding carboxylic acids is 2. The molecule has 1 saturated heterocycles. The summed E-state index contributed by atoms with van der Waals surface area (Å²) < 4.78 is 0. The zero-order chi connectivity index (χ0) is 19.7. The summed E-state index contributed by atoms with van der Waals surface area (Å²) in [5.74, 6) is 0.271. The van der Waals surface area contributed by atoms with Gasteiger partial charge in [-0.05, 0) is 68.5 Å². The molecule has 0 saturated carbocycles. The summed E-state index contributed by atoms with van der Waals surface area (Å²) in [7, 11) is 0. The lowest BCUT2D eigenvalue weighted by molar-refractivity contribution is -0.118. The first kappa shape index (κ1) is 18.5. The Morgan fingerprint density at radius 3 is 2.71 bits per heavy atom. The van der Waals surface area contributed by atoms with Gasteiger partial charge in [0.1, 0.15) is 0 Å². The third-order valence-electron chi connectivity index (χ3n) is 5.80. The molecule has 2 amide bonds. The summed E-state index contributed by atoms with van der Waals surface area (Å²) in [6.07, 6.45) is 3.55. The number of aryl methyl sites for hydroxylation is 2. The molecule has 5 heteroatoms. The number of anilines is 3. The van der Waals surface area contributed by atoms with Gasteiger partial charge in [0, 0.05) is 36.1 Å². The minimum absolute atomic E-state index is 0.0797. The van der Waals surface area contributed by atoms with Crippen molar-refractivity contribution in [3.8, 4) is 0 Å². The van der Waals surface area contributed by atoms with Crippen LogP contribution in [0.5, 0.6) is 0 Å². The van der Waals surface area contributed by atoms with Crippen molar-refractivity contribution in [3.05, 3.63) is 53.6 Å². The van der Waals surface area contributed by atoms with Gasteiger partial charge in [0.05, 0.1) is 6.54 Å². The van der Waals surface area contributed by atoms with Gasteiger partial charge in [0.25, 0.3) is 0 Å². The predicted molar refractivity (Wildman–Crippen MR) is 113 cm³/mol. The molecule has 0 aliphatic carbocycles. The normalized spacial score (nSPS) is 18.9. The fraction of sp³-hybridized carbons (Fsp3) is 0.391. The molecule has 2 aromatic rings. The number of carbonyl (C=O) groups is 2. The number of hydrogen-bond donors (Lipinski definition) is 1. The van der Waals surface area contributed by atoms with Gasteiger partial charge in [-0.3, -0.25) is 9.59 Å². The Balaban J connectivity index is 1.45. The number of nitrogens with one attached hydrogen (secondary N) is 1. The summed E-state index contributed by atoms with van der Waals surface area (Å²) >= 11 is 0. The van der Waals surface area contributed by atoms with E-state index in [0.717, 1.165) is 48.4 Å². The summed E-state index contributed by atoms with van der Waals surface area (Å²) in [6, 6.07) is 14.3. The molecule has 5 nitrogen and oxygen atoms in total. The first-order valence-electron chi connectivity index (χ1n) is 10.1. The monoisotopic (exact) mass is 377 g/mol. The summed E-state index contributed by atoms with van der Waals surface area (Å²) in [5, 5.41) is 3.27. The third-order valence-corrected chi connectivity index (χ3v) is 5.80. The number of nitrogens with zero attached hydrogens (tertiary/aromatic N) is 2. The van der Waals surface area contributed by atoms with Crippen LogP contribution in [0, 0.1) is 6.92 Å². The highest BCUT2D eigenvalue weighted by Gasteiger charge is 2.28. The van der Waals surface area contributed by atoms with Gasteiger partial charge in [0.15, 0.2) is 0 Å². The van der Waals surface area contributed by atoms with E-state index < -0.39 is 0 Å². The largest absolute Gasteiger partial charge is 0.376 e. The van der Waals surface area contributed by atoms with Crippen LogP contribution in [0.15, 0.2) is 42.5 Å². The van der Waals surface area contributed by atoms with Crippen molar-refractivity contribution in [2.24, 2.45) is 0 Å². The fourth-order valence-electron chi connectivity index (χ4n) is 4.30. The van der Waals surface area contributed by atoms with Crippen molar-refractivity contribution in [1.82, 2.24) is 0 Å². The third kappa shape index (κ3) is 3.49. The minimum atomic E-state index is 0.0797. The van der Waals surface area contributed by atoms with Crippen molar-refractivity contribution in [3.63, 3.8) is 0 Å². The van der Waals surface area contributed by atoms with Crippen molar-refractivity contribution in [1.29, 1.82) is 0 Å². The van der Waals surface area contributed by atoms with E-state index in [0.29, 0.717) is 6.42 Å². The van der Waals surface area contributed by atoms with Gasteiger partial charge in [0.2, 0.25) is 11.8 Å². The highest BCUT2D eigenvalue weighted by Crippen LogP contribution is 2.31. The molecule has 0 aromatic heterocycles. The minimum Gasteiger partial charge on any atom is -0.376 e. The Bertz CT molecular complexity index is 908. The summed E-state index contributed by atoms with van der Waals surface area (Å²) in [5.41, 5.74) is 5.19. The molecule has 2 heterocycles. The molecule has 2 aliphatic heterocycles. The molecule has 2 aliphatic rings. The van der Waals surface area contributed by atoms with Gasteiger partial charge in [-0.1, -0.05) is 18.2 Å².